The molecule has 1 aliphatic heterocycles. The average Bonchev–Trinajstić information content (AvgIpc) is 3.15. The number of carbonyl (C=O) groups excluding carboxylic acids is 2. The molecule has 2 amide bonds. The third kappa shape index (κ3) is 4.84. The minimum Gasteiger partial charge on any atom is -0.339 e. The minimum absolute atomic E-state index is 0.152. The molecule has 3 N–H and O–H groups in total. The molecular formula is C26H19N5O4S. The van der Waals surface area contributed by atoms with E-state index in [2.05, 4.69) is 25.3 Å². The highest BCUT2D eigenvalue weighted by Gasteiger charge is 2.28. The number of fused-ring (bicyclic) bond motifs is 1. The zero-order valence-corrected chi connectivity index (χ0v) is 19.5. The molecule has 0 radical (unpaired) electrons. The Morgan fingerprint density at radius 2 is 1.44 bits per heavy atom. The fourth-order valence-corrected chi connectivity index (χ4v) is 4.78. The first kappa shape index (κ1) is 22.9. The maximum absolute atomic E-state index is 12.7. The van der Waals surface area contributed by atoms with Crippen LogP contribution in [0.4, 0.5) is 17.2 Å². The summed E-state index contributed by atoms with van der Waals surface area (Å²) in [5, 5.41) is 8.47. The maximum Gasteiger partial charge on any atom is 0.285 e. The number of benzene rings is 3. The van der Waals surface area contributed by atoms with Crippen LogP contribution in [0.3, 0.4) is 0 Å². The first-order valence-electron chi connectivity index (χ1n) is 10.8. The summed E-state index contributed by atoms with van der Waals surface area (Å²) >= 11 is 0. The third-order valence-electron chi connectivity index (χ3n) is 5.33. The van der Waals surface area contributed by atoms with E-state index in [4.69, 9.17) is 0 Å². The maximum atomic E-state index is 12.7. The predicted molar refractivity (Wildman–Crippen MR) is 137 cm³/mol. The van der Waals surface area contributed by atoms with Crippen molar-refractivity contribution in [3.05, 3.63) is 114 Å². The summed E-state index contributed by atoms with van der Waals surface area (Å²) in [5.74, 6) is -0.0625. The zero-order chi connectivity index (χ0) is 25.1. The first-order chi connectivity index (χ1) is 17.4. The summed E-state index contributed by atoms with van der Waals surface area (Å²) in [6.07, 6.45) is 1.58. The van der Waals surface area contributed by atoms with Crippen molar-refractivity contribution in [1.82, 2.24) is 4.98 Å². The number of aromatic nitrogens is 1. The lowest BCUT2D eigenvalue weighted by Crippen LogP contribution is -2.15. The molecule has 3 aromatic carbocycles. The Kier molecular flexibility index (Phi) is 6.01. The molecule has 0 saturated heterocycles. The van der Waals surface area contributed by atoms with Crippen molar-refractivity contribution in [1.29, 1.82) is 0 Å². The van der Waals surface area contributed by atoms with Crippen molar-refractivity contribution in [3.8, 4) is 0 Å². The first-order valence-corrected chi connectivity index (χ1v) is 12.3. The van der Waals surface area contributed by atoms with Gasteiger partial charge in [0.15, 0.2) is 5.84 Å². The Bertz CT molecular complexity index is 1600. The lowest BCUT2D eigenvalue weighted by Gasteiger charge is -2.10. The van der Waals surface area contributed by atoms with Gasteiger partial charge in [0.05, 0.1) is 0 Å². The van der Waals surface area contributed by atoms with E-state index in [1.165, 1.54) is 6.07 Å². The van der Waals surface area contributed by atoms with E-state index in [0.29, 0.717) is 33.9 Å². The van der Waals surface area contributed by atoms with Crippen molar-refractivity contribution >= 4 is 44.9 Å². The summed E-state index contributed by atoms with van der Waals surface area (Å²) in [6.45, 7) is 0. The number of amides is 2. The SMILES string of the molecule is O=C(Nc1cccc(C(=O)Nc2ccccn2)c1)c1ccc(NC2=NS(=O)(=O)c3ccccc32)cc1. The third-order valence-corrected chi connectivity index (χ3v) is 6.67. The van der Waals surface area contributed by atoms with Gasteiger partial charge in [-0.1, -0.05) is 24.3 Å². The van der Waals surface area contributed by atoms with Crippen LogP contribution in [0, 0.1) is 0 Å². The Morgan fingerprint density at radius 1 is 0.694 bits per heavy atom. The fraction of sp³-hybridized carbons (Fsp3) is 0. The molecule has 36 heavy (non-hydrogen) atoms. The molecule has 0 spiro atoms. The molecule has 0 unspecified atom stereocenters. The molecule has 0 saturated carbocycles. The van der Waals surface area contributed by atoms with Crippen LogP contribution in [-0.2, 0) is 10.0 Å². The van der Waals surface area contributed by atoms with E-state index >= 15 is 0 Å². The fourth-order valence-electron chi connectivity index (χ4n) is 3.60. The predicted octanol–water partition coefficient (Wildman–Crippen LogP) is 4.15. The number of nitrogens with zero attached hydrogens (tertiary/aromatic N) is 2. The number of rotatable bonds is 5. The van der Waals surface area contributed by atoms with Crippen molar-refractivity contribution < 1.29 is 18.0 Å². The zero-order valence-electron chi connectivity index (χ0n) is 18.7. The molecule has 0 atom stereocenters. The number of carbonyl (C=O) groups is 2. The smallest absolute Gasteiger partial charge is 0.285 e. The van der Waals surface area contributed by atoms with Crippen molar-refractivity contribution in [2.75, 3.05) is 16.0 Å². The highest BCUT2D eigenvalue weighted by Crippen LogP contribution is 2.26. The highest BCUT2D eigenvalue weighted by atomic mass is 32.2. The second kappa shape index (κ2) is 9.43. The number of anilines is 3. The van der Waals surface area contributed by atoms with Crippen LogP contribution in [0.25, 0.3) is 0 Å². The second-order valence-corrected chi connectivity index (χ2v) is 9.39. The Hall–Kier alpha value is -4.83. The number of pyridine rings is 1. The van der Waals surface area contributed by atoms with E-state index in [-0.39, 0.29) is 22.5 Å². The van der Waals surface area contributed by atoms with Crippen LogP contribution in [-0.4, -0.2) is 31.1 Å². The van der Waals surface area contributed by atoms with Gasteiger partial charge < -0.3 is 16.0 Å². The summed E-state index contributed by atoms with van der Waals surface area (Å²) in [6, 6.07) is 24.8. The topological polar surface area (TPSA) is 130 Å². The highest BCUT2D eigenvalue weighted by molar-refractivity contribution is 7.90. The molecule has 0 aliphatic carbocycles. The lowest BCUT2D eigenvalue weighted by atomic mass is 10.1. The van der Waals surface area contributed by atoms with E-state index in [1.54, 1.807) is 91.1 Å². The van der Waals surface area contributed by atoms with Gasteiger partial charge >= 0.3 is 0 Å². The second-order valence-electron chi connectivity index (χ2n) is 7.82. The van der Waals surface area contributed by atoms with Crippen LogP contribution in [0.15, 0.2) is 106 Å². The van der Waals surface area contributed by atoms with Gasteiger partial charge in [-0.15, -0.1) is 4.40 Å². The van der Waals surface area contributed by atoms with Gasteiger partial charge in [0, 0.05) is 34.3 Å². The standard InChI is InChI=1S/C26H19N5O4S/c32-25(29-20-7-5-6-18(16-20)26(33)30-23-10-3-4-15-27-23)17-11-13-19(14-12-17)28-24-21-8-1-2-9-22(21)36(34,35)31-24/h1-16H,(H,28,31)(H,29,32)(H,27,30,33). The summed E-state index contributed by atoms with van der Waals surface area (Å²) in [5.41, 5.74) is 2.27. The quantitative estimate of drug-likeness (QED) is 0.380. The summed E-state index contributed by atoms with van der Waals surface area (Å²) in [4.78, 5) is 29.5. The minimum atomic E-state index is -3.73. The van der Waals surface area contributed by atoms with Gasteiger partial charge in [-0.3, -0.25) is 9.59 Å². The van der Waals surface area contributed by atoms with E-state index in [9.17, 15) is 18.0 Å². The van der Waals surface area contributed by atoms with Crippen LogP contribution in [0.1, 0.15) is 26.3 Å². The average molecular weight is 498 g/mol. The van der Waals surface area contributed by atoms with E-state index in [1.807, 2.05) is 0 Å². The van der Waals surface area contributed by atoms with Crippen LogP contribution >= 0.6 is 0 Å². The molecule has 0 fully saturated rings. The van der Waals surface area contributed by atoms with E-state index < -0.39 is 10.0 Å². The molecule has 4 aromatic rings. The number of hydrogen-bond donors (Lipinski definition) is 3. The lowest BCUT2D eigenvalue weighted by molar-refractivity contribution is 0.101. The normalized spacial score (nSPS) is 13.3. The Balaban J connectivity index is 1.25. The molecule has 1 aliphatic rings. The van der Waals surface area contributed by atoms with E-state index in [0.717, 1.165) is 0 Å². The number of sulfonamides is 1. The molecule has 0 bridgehead atoms. The molecule has 9 nitrogen and oxygen atoms in total. The van der Waals surface area contributed by atoms with Crippen LogP contribution in [0.2, 0.25) is 0 Å². The molecular weight excluding hydrogens is 478 g/mol. The number of nitrogens with one attached hydrogen (secondary N) is 3. The van der Waals surface area contributed by atoms with Gasteiger partial charge in [-0.05, 0) is 66.7 Å². The monoisotopic (exact) mass is 497 g/mol. The molecule has 178 valence electrons. The molecule has 1 aromatic heterocycles. The van der Waals surface area contributed by atoms with Gasteiger partial charge in [-0.25, -0.2) is 4.98 Å². The number of amidine groups is 1. The van der Waals surface area contributed by atoms with Gasteiger partial charge in [-0.2, -0.15) is 8.42 Å². The van der Waals surface area contributed by atoms with Crippen molar-refractivity contribution in [2.45, 2.75) is 4.90 Å². The van der Waals surface area contributed by atoms with Crippen LogP contribution in [0.5, 0.6) is 0 Å². The van der Waals surface area contributed by atoms with Gasteiger partial charge in [0.1, 0.15) is 10.7 Å². The largest absolute Gasteiger partial charge is 0.339 e. The van der Waals surface area contributed by atoms with Crippen molar-refractivity contribution in [3.63, 3.8) is 0 Å². The van der Waals surface area contributed by atoms with Gasteiger partial charge in [0.25, 0.3) is 21.8 Å². The summed E-state index contributed by atoms with van der Waals surface area (Å²) < 4.78 is 28.2. The molecule has 5 rings (SSSR count). The molecule has 10 heteroatoms. The van der Waals surface area contributed by atoms with Gasteiger partial charge in [0.2, 0.25) is 0 Å². The van der Waals surface area contributed by atoms with Crippen molar-refractivity contribution in [2.24, 2.45) is 4.40 Å². The van der Waals surface area contributed by atoms with Crippen LogP contribution < -0.4 is 16.0 Å². The Morgan fingerprint density at radius 3 is 2.22 bits per heavy atom. The number of hydrogen-bond acceptors (Lipinski definition) is 6. The molecule has 2 heterocycles. The Labute approximate surface area is 207 Å². The summed E-state index contributed by atoms with van der Waals surface area (Å²) in [7, 11) is -3.73.